The maximum Gasteiger partial charge on any atom is 0.243 e. The lowest BCUT2D eigenvalue weighted by Crippen LogP contribution is -2.58. The molecule has 0 spiro atoms. The van der Waals surface area contributed by atoms with E-state index in [1.54, 1.807) is 6.20 Å². The van der Waals surface area contributed by atoms with Crippen LogP contribution in [0.3, 0.4) is 0 Å². The van der Waals surface area contributed by atoms with Crippen LogP contribution in [0.2, 0.25) is 0 Å². The minimum atomic E-state index is -1.63. The van der Waals surface area contributed by atoms with Gasteiger partial charge >= 0.3 is 0 Å². The van der Waals surface area contributed by atoms with Crippen LogP contribution >= 0.6 is 0 Å². The Morgan fingerprint density at radius 1 is 0.701 bits per heavy atom. The Morgan fingerprint density at radius 2 is 1.36 bits per heavy atom. The van der Waals surface area contributed by atoms with E-state index in [0.29, 0.717) is 5.56 Å². The third kappa shape index (κ3) is 21.1. The first kappa shape index (κ1) is 61.3. The Hall–Kier alpha value is -8.25. The first-order valence-corrected chi connectivity index (χ1v) is 25.6. The van der Waals surface area contributed by atoms with Gasteiger partial charge in [-0.1, -0.05) is 42.8 Å². The number of carbonyl (C=O) groups is 10. The van der Waals surface area contributed by atoms with Gasteiger partial charge in [0.25, 0.3) is 0 Å². The van der Waals surface area contributed by atoms with Crippen molar-refractivity contribution in [1.29, 1.82) is 0 Å². The summed E-state index contributed by atoms with van der Waals surface area (Å²) in [5.41, 5.74) is 34.7. The van der Waals surface area contributed by atoms with E-state index in [-0.39, 0.29) is 107 Å². The number of para-hydroxylation sites is 1. The van der Waals surface area contributed by atoms with Crippen LogP contribution in [0.15, 0.2) is 64.7 Å². The number of H-pyrrole nitrogens is 1. The summed E-state index contributed by atoms with van der Waals surface area (Å²) in [5, 5.41) is 13.7. The van der Waals surface area contributed by atoms with Crippen molar-refractivity contribution in [2.45, 2.75) is 140 Å². The fourth-order valence-corrected chi connectivity index (χ4v) is 9.01. The number of ketones is 3. The number of carbonyl (C=O) groups excluding carboxylic acids is 10. The largest absolute Gasteiger partial charge is 0.370 e. The average Bonchev–Trinajstić information content (AvgIpc) is 3.79. The van der Waals surface area contributed by atoms with Gasteiger partial charge in [0.15, 0.2) is 17.7 Å². The first-order chi connectivity index (χ1) is 36.6. The van der Waals surface area contributed by atoms with Gasteiger partial charge in [0.2, 0.25) is 41.4 Å². The molecule has 1 saturated heterocycles. The molecule has 1 aromatic heterocycles. The Bertz CT molecular complexity index is 2650. The molecule has 2 aromatic carbocycles. The fourth-order valence-electron chi connectivity index (χ4n) is 9.01. The molecule has 0 aliphatic carbocycles. The second-order valence-corrected chi connectivity index (χ2v) is 19.2. The quantitative estimate of drug-likeness (QED) is 0.0408. The summed E-state index contributed by atoms with van der Waals surface area (Å²) < 4.78 is 15.4. The van der Waals surface area contributed by atoms with Crippen LogP contribution in [-0.4, -0.2) is 119 Å². The number of aromatic amines is 1. The predicted octanol–water partition coefficient (Wildman–Crippen LogP) is -0.532. The molecular weight excluding hydrogens is 1000 g/mol. The van der Waals surface area contributed by atoms with E-state index in [2.05, 4.69) is 41.6 Å². The van der Waals surface area contributed by atoms with Gasteiger partial charge in [-0.25, -0.2) is 4.39 Å². The average molecular weight is 1070 g/mol. The van der Waals surface area contributed by atoms with Crippen molar-refractivity contribution in [3.05, 3.63) is 71.7 Å². The van der Waals surface area contributed by atoms with Crippen LogP contribution in [0.25, 0.3) is 10.9 Å². The number of fused-ring (bicyclic) bond motifs is 1. The number of aliphatic imine (C=N–C) groups is 2. The number of nitrogens with two attached hydrogens (primary N) is 6. The summed E-state index contributed by atoms with van der Waals surface area (Å²) in [6, 6.07) is 5.59. The van der Waals surface area contributed by atoms with Crippen LogP contribution in [0, 0.1) is 17.7 Å². The molecule has 7 atom stereocenters. The van der Waals surface area contributed by atoms with Crippen molar-refractivity contribution in [3.63, 3.8) is 0 Å². The van der Waals surface area contributed by atoms with E-state index >= 15 is 4.39 Å². The van der Waals surface area contributed by atoms with Gasteiger partial charge < -0.3 is 66.0 Å². The number of rotatable bonds is 19. The van der Waals surface area contributed by atoms with Crippen molar-refractivity contribution in [2.24, 2.45) is 56.2 Å². The number of guanidine groups is 2. The van der Waals surface area contributed by atoms with E-state index in [4.69, 9.17) is 34.4 Å². The summed E-state index contributed by atoms with van der Waals surface area (Å²) in [6.07, 6.45) is -0.437. The Morgan fingerprint density at radius 3 is 2.04 bits per heavy atom. The highest BCUT2D eigenvalue weighted by atomic mass is 19.1. The van der Waals surface area contributed by atoms with E-state index < -0.39 is 133 Å². The Labute approximate surface area is 445 Å². The smallest absolute Gasteiger partial charge is 0.243 e. The maximum atomic E-state index is 15.4. The number of halogens is 1. The summed E-state index contributed by atoms with van der Waals surface area (Å²) in [5.74, 6) is -10.9. The maximum absolute atomic E-state index is 15.4. The van der Waals surface area contributed by atoms with Crippen molar-refractivity contribution in [3.8, 4) is 0 Å². The second kappa shape index (κ2) is 31.0. The Balaban J connectivity index is 1.80. The summed E-state index contributed by atoms with van der Waals surface area (Å²) in [4.78, 5) is 148. The van der Waals surface area contributed by atoms with Gasteiger partial charge in [-0.3, -0.25) is 57.9 Å². The molecule has 7 amide bonds. The highest BCUT2D eigenvalue weighted by Gasteiger charge is 2.35. The minimum Gasteiger partial charge on any atom is -0.370 e. The number of nitrogens with one attached hydrogen (secondary N) is 6. The molecule has 18 N–H and O–H groups in total. The number of amides is 7. The van der Waals surface area contributed by atoms with E-state index in [9.17, 15) is 47.9 Å². The minimum absolute atomic E-state index is 0.00389. The molecule has 1 aliphatic heterocycles. The summed E-state index contributed by atoms with van der Waals surface area (Å²) in [6.45, 7) is 1.32. The van der Waals surface area contributed by atoms with Gasteiger partial charge in [-0.2, -0.15) is 0 Å². The number of primary amides is 2. The molecule has 2 heterocycles. The van der Waals surface area contributed by atoms with Crippen LogP contribution < -0.4 is 61.0 Å². The van der Waals surface area contributed by atoms with Crippen LogP contribution in [0.4, 0.5) is 4.39 Å². The van der Waals surface area contributed by atoms with Crippen LogP contribution in [0.5, 0.6) is 0 Å². The standard InChI is InChI=1S/C52H73FN14O10/c1-29(68)63-39(17-9-23-61-52(58)59)48(75)65-40-19-18-34(69)12-3-6-16-38(46(55)73)64-47(74)32(24-33-28-62-37-15-7-4-13-35(33)37)27-43(70)31(11-8-22-60-51(56)57)26-44(71)42(25-30-10-2-5-14-36(30)53)67-50(77)41(66-49(40)76)20-21-45(54)72/h2,4-5,7,10,13-15,28,31-32,38-42,62H,3,6,8-9,11-12,16-27H2,1H3,(H2,54,72)(H2,55,73)(H,63,68)(H,64,74)(H,65,75)(H,66,76)(H,67,77)(H4,56,57,60)(H4,58,59,61)/t31-,32-,38+,39+,40+,41+,42-/m1/s1. The molecule has 0 saturated carbocycles. The van der Waals surface area contributed by atoms with Gasteiger partial charge in [0.05, 0.1) is 6.04 Å². The number of benzene rings is 2. The van der Waals surface area contributed by atoms with Crippen molar-refractivity contribution >= 4 is 81.5 Å². The zero-order valence-corrected chi connectivity index (χ0v) is 43.3. The molecule has 1 fully saturated rings. The number of hydrogen-bond donors (Lipinski definition) is 12. The number of Topliss-reactive ketones (excluding diaryl/α,β-unsaturated/α-hetero) is 3. The van der Waals surface area contributed by atoms with Crippen molar-refractivity contribution in [2.75, 3.05) is 13.1 Å². The molecule has 3 aromatic rings. The lowest BCUT2D eigenvalue weighted by Gasteiger charge is -2.27. The zero-order valence-electron chi connectivity index (χ0n) is 43.3. The Kier molecular flexibility index (Phi) is 24.6. The normalized spacial score (nSPS) is 21.1. The fraction of sp³-hybridized carbons (Fsp3) is 0.500. The molecule has 24 nitrogen and oxygen atoms in total. The van der Waals surface area contributed by atoms with Crippen molar-refractivity contribution in [1.82, 2.24) is 31.6 Å². The van der Waals surface area contributed by atoms with E-state index in [1.165, 1.54) is 25.1 Å². The third-order valence-electron chi connectivity index (χ3n) is 13.1. The highest BCUT2D eigenvalue weighted by molar-refractivity contribution is 5.98. The predicted molar refractivity (Wildman–Crippen MR) is 284 cm³/mol. The number of hydrogen-bond acceptors (Lipinski definition) is 12. The molecule has 0 unspecified atom stereocenters. The number of aromatic nitrogens is 1. The van der Waals surface area contributed by atoms with Gasteiger partial charge in [-0.15, -0.1) is 0 Å². The molecule has 77 heavy (non-hydrogen) atoms. The molecular formula is C52H73FN14O10. The highest BCUT2D eigenvalue weighted by Crippen LogP contribution is 2.27. The second-order valence-electron chi connectivity index (χ2n) is 19.2. The van der Waals surface area contributed by atoms with Gasteiger partial charge in [0.1, 0.15) is 41.6 Å². The topological polar surface area (TPSA) is 427 Å². The summed E-state index contributed by atoms with van der Waals surface area (Å²) >= 11 is 0. The third-order valence-corrected chi connectivity index (χ3v) is 13.1. The van der Waals surface area contributed by atoms with Gasteiger partial charge in [0, 0.05) is 87.5 Å². The van der Waals surface area contributed by atoms with Crippen LogP contribution in [0.1, 0.15) is 108 Å². The molecule has 25 heteroatoms. The molecule has 0 radical (unpaired) electrons. The lowest BCUT2D eigenvalue weighted by molar-refractivity contribution is -0.136. The zero-order chi connectivity index (χ0) is 56.6. The first-order valence-electron chi connectivity index (χ1n) is 25.6. The molecule has 0 bridgehead atoms. The molecule has 418 valence electrons. The summed E-state index contributed by atoms with van der Waals surface area (Å²) in [7, 11) is 0. The SMILES string of the molecule is CC(=O)N[C@@H](CCCN=C(N)N)C(=O)N[C@H]1CCC(=O)CCCC[C@@H](C(N)=O)NC(=O)[C@H](Cc2c[nH]c3ccccc23)CC(=O)[C@H](CCCN=C(N)N)CC(=O)[C@@H](Cc2ccccc2F)NC(=O)[C@H](CCC(N)=O)NC1=O. The van der Waals surface area contributed by atoms with E-state index in [1.807, 2.05) is 24.3 Å². The van der Waals surface area contributed by atoms with Gasteiger partial charge in [-0.05, 0) is 81.0 Å². The number of nitrogens with zero attached hydrogens (tertiary/aromatic N) is 2. The lowest BCUT2D eigenvalue weighted by atomic mass is 9.83. The van der Waals surface area contributed by atoms with E-state index in [0.717, 1.165) is 17.0 Å². The monoisotopic (exact) mass is 1070 g/mol. The van der Waals surface area contributed by atoms with Crippen molar-refractivity contribution < 1.29 is 52.3 Å². The van der Waals surface area contributed by atoms with Crippen LogP contribution in [-0.2, 0) is 60.8 Å². The molecule has 4 rings (SSSR count). The molecule has 1 aliphatic rings.